The van der Waals surface area contributed by atoms with Crippen molar-refractivity contribution in [3.05, 3.63) is 176 Å². The van der Waals surface area contributed by atoms with Gasteiger partial charge in [0.25, 0.3) is 0 Å². The molecule has 50 heavy (non-hydrogen) atoms. The lowest BCUT2D eigenvalue weighted by atomic mass is 9.43. The molecule has 0 unspecified atom stereocenters. The number of benzene rings is 8. The SMILES string of the molecule is c1ccc(-c2ccc3ccccc3c2N2B3c4ccccc4N(c4cccc5c4oc4ccccc45)c4cccc(c43)-c3ccccc32)cc1. The second-order valence-electron chi connectivity index (χ2n) is 13.2. The highest BCUT2D eigenvalue weighted by atomic mass is 16.3. The van der Waals surface area contributed by atoms with Gasteiger partial charge in [0, 0.05) is 50.0 Å². The van der Waals surface area contributed by atoms with Crippen LogP contribution in [0.3, 0.4) is 0 Å². The van der Waals surface area contributed by atoms with Gasteiger partial charge < -0.3 is 14.1 Å². The van der Waals surface area contributed by atoms with E-state index in [1.807, 2.05) is 6.07 Å². The Bertz CT molecular complexity index is 2800. The van der Waals surface area contributed by atoms with Gasteiger partial charge in [-0.1, -0.05) is 146 Å². The molecular weight excluding hydrogens is 607 g/mol. The molecule has 0 bridgehead atoms. The lowest BCUT2D eigenvalue weighted by molar-refractivity contribution is 0.669. The number of anilines is 5. The van der Waals surface area contributed by atoms with Gasteiger partial charge in [0.1, 0.15) is 5.58 Å². The number of rotatable bonds is 3. The first kappa shape index (κ1) is 27.4. The molecule has 4 heteroatoms. The summed E-state index contributed by atoms with van der Waals surface area (Å²) in [5, 5.41) is 4.71. The molecule has 0 N–H and O–H groups in total. The number of hydrogen-bond donors (Lipinski definition) is 0. The molecule has 0 saturated heterocycles. The third-order valence-electron chi connectivity index (χ3n) is 10.6. The zero-order valence-electron chi connectivity index (χ0n) is 27.1. The van der Waals surface area contributed by atoms with Crippen molar-refractivity contribution in [3.63, 3.8) is 0 Å². The van der Waals surface area contributed by atoms with Gasteiger partial charge in [0.05, 0.1) is 5.69 Å². The fourth-order valence-electron chi connectivity index (χ4n) is 8.58. The van der Waals surface area contributed by atoms with E-state index in [9.17, 15) is 0 Å². The second-order valence-corrected chi connectivity index (χ2v) is 13.2. The highest BCUT2D eigenvalue weighted by Crippen LogP contribution is 2.50. The van der Waals surface area contributed by atoms with Crippen molar-refractivity contribution in [2.45, 2.75) is 0 Å². The second kappa shape index (κ2) is 10.5. The molecule has 8 aromatic carbocycles. The molecule has 0 saturated carbocycles. The van der Waals surface area contributed by atoms with Gasteiger partial charge in [-0.05, 0) is 57.8 Å². The van der Waals surface area contributed by atoms with Crippen LogP contribution < -0.4 is 20.6 Å². The summed E-state index contributed by atoms with van der Waals surface area (Å²) in [5.41, 5.74) is 15.0. The largest absolute Gasteiger partial charge is 0.454 e. The molecule has 11 rings (SSSR count). The molecular formula is C46H29BN2O. The van der Waals surface area contributed by atoms with Crippen LogP contribution >= 0.6 is 0 Å². The topological polar surface area (TPSA) is 19.6 Å². The number of furan rings is 1. The van der Waals surface area contributed by atoms with Gasteiger partial charge in [0.2, 0.25) is 0 Å². The zero-order chi connectivity index (χ0) is 32.8. The Kier molecular flexibility index (Phi) is 5.76. The van der Waals surface area contributed by atoms with Crippen LogP contribution in [0, 0.1) is 0 Å². The molecule has 0 amide bonds. The van der Waals surface area contributed by atoms with Gasteiger partial charge >= 0.3 is 6.85 Å². The highest BCUT2D eigenvalue weighted by molar-refractivity contribution is 6.93. The van der Waals surface area contributed by atoms with Crippen LogP contribution in [-0.4, -0.2) is 6.85 Å². The highest BCUT2D eigenvalue weighted by Gasteiger charge is 2.45. The van der Waals surface area contributed by atoms with E-state index < -0.39 is 0 Å². The Hall–Kier alpha value is -6.52. The van der Waals surface area contributed by atoms with E-state index >= 15 is 0 Å². The predicted octanol–water partition coefficient (Wildman–Crippen LogP) is 11.1. The molecule has 3 nitrogen and oxygen atoms in total. The van der Waals surface area contributed by atoms with Crippen molar-refractivity contribution < 1.29 is 4.42 Å². The van der Waals surface area contributed by atoms with E-state index in [0.717, 1.165) is 33.3 Å². The minimum atomic E-state index is -0.0771. The lowest BCUT2D eigenvalue weighted by Gasteiger charge is -2.46. The Morgan fingerprint density at radius 2 is 1.08 bits per heavy atom. The summed E-state index contributed by atoms with van der Waals surface area (Å²) in [5.74, 6) is 0. The predicted molar refractivity (Wildman–Crippen MR) is 210 cm³/mol. The van der Waals surface area contributed by atoms with Crippen molar-refractivity contribution in [2.75, 3.05) is 9.71 Å². The molecule has 3 heterocycles. The molecule has 0 spiro atoms. The van der Waals surface area contributed by atoms with Crippen molar-refractivity contribution in [2.24, 2.45) is 0 Å². The Labute approximate surface area is 290 Å². The summed E-state index contributed by atoms with van der Waals surface area (Å²) >= 11 is 0. The van der Waals surface area contributed by atoms with Crippen LogP contribution in [0.4, 0.5) is 28.4 Å². The summed E-state index contributed by atoms with van der Waals surface area (Å²) in [6.45, 7) is -0.0771. The lowest BCUT2D eigenvalue weighted by Crippen LogP contribution is -2.61. The number of hydrogen-bond acceptors (Lipinski definition) is 3. The third kappa shape index (κ3) is 3.76. The molecule has 2 aliphatic rings. The summed E-state index contributed by atoms with van der Waals surface area (Å²) in [7, 11) is 0. The van der Waals surface area contributed by atoms with E-state index in [2.05, 4.69) is 180 Å². The quantitative estimate of drug-likeness (QED) is 0.180. The summed E-state index contributed by atoms with van der Waals surface area (Å²) in [4.78, 5) is 5.06. The molecule has 1 aromatic heterocycles. The van der Waals surface area contributed by atoms with Crippen molar-refractivity contribution in [1.29, 1.82) is 0 Å². The van der Waals surface area contributed by atoms with Gasteiger partial charge in [-0.3, -0.25) is 0 Å². The van der Waals surface area contributed by atoms with E-state index in [1.54, 1.807) is 0 Å². The van der Waals surface area contributed by atoms with Gasteiger partial charge in [-0.15, -0.1) is 0 Å². The molecule has 2 aliphatic heterocycles. The first-order chi connectivity index (χ1) is 24.8. The maximum atomic E-state index is 6.67. The molecule has 0 atom stereocenters. The fraction of sp³-hybridized carbons (Fsp3) is 0. The molecule has 9 aromatic rings. The third-order valence-corrected chi connectivity index (χ3v) is 10.6. The smallest absolute Gasteiger partial charge is 0.333 e. The van der Waals surface area contributed by atoms with E-state index in [0.29, 0.717) is 0 Å². The van der Waals surface area contributed by atoms with Crippen molar-refractivity contribution in [3.8, 4) is 22.3 Å². The van der Waals surface area contributed by atoms with Gasteiger partial charge in [-0.25, -0.2) is 0 Å². The van der Waals surface area contributed by atoms with Gasteiger partial charge in [-0.2, -0.15) is 0 Å². The summed E-state index contributed by atoms with van der Waals surface area (Å²) < 4.78 is 6.67. The Balaban J connectivity index is 1.25. The maximum absolute atomic E-state index is 6.67. The standard InChI is InChI=1S/C46H29BN2O/c1-2-14-30(15-3-1)33-29-28-31-16-4-5-17-32(31)45(33)49-39-23-9-6-18-34(39)36-20-12-25-41-44(36)47(49)38-22-8-10-24-40(38)48(41)42-26-13-21-37-35-19-7-11-27-43(35)50-46(37)42/h1-29H. The minimum Gasteiger partial charge on any atom is -0.454 e. The first-order valence-electron chi connectivity index (χ1n) is 17.2. The van der Waals surface area contributed by atoms with Crippen molar-refractivity contribution >= 4 is 78.9 Å². The Morgan fingerprint density at radius 3 is 2.00 bits per heavy atom. The zero-order valence-corrected chi connectivity index (χ0v) is 27.1. The van der Waals surface area contributed by atoms with Crippen LogP contribution in [0.25, 0.3) is 55.0 Å². The van der Waals surface area contributed by atoms with E-state index in [4.69, 9.17) is 4.42 Å². The van der Waals surface area contributed by atoms with Gasteiger partial charge in [0.15, 0.2) is 5.58 Å². The normalized spacial score (nSPS) is 13.1. The first-order valence-corrected chi connectivity index (χ1v) is 17.2. The summed E-state index contributed by atoms with van der Waals surface area (Å²) in [6.07, 6.45) is 0. The van der Waals surface area contributed by atoms with Crippen LogP contribution in [0.15, 0.2) is 180 Å². The van der Waals surface area contributed by atoms with Crippen LogP contribution in [-0.2, 0) is 0 Å². The molecule has 0 fully saturated rings. The molecule has 0 aliphatic carbocycles. The average molecular weight is 637 g/mol. The monoisotopic (exact) mass is 636 g/mol. The number of fused-ring (bicyclic) bond motifs is 8. The number of nitrogens with zero attached hydrogens (tertiary/aromatic N) is 2. The van der Waals surface area contributed by atoms with E-state index in [-0.39, 0.29) is 6.85 Å². The van der Waals surface area contributed by atoms with Crippen LogP contribution in [0.2, 0.25) is 0 Å². The number of para-hydroxylation sites is 4. The minimum absolute atomic E-state index is 0.0771. The molecule has 0 radical (unpaired) electrons. The molecule has 232 valence electrons. The Morgan fingerprint density at radius 1 is 0.420 bits per heavy atom. The maximum Gasteiger partial charge on any atom is 0.333 e. The fourth-order valence-corrected chi connectivity index (χ4v) is 8.58. The average Bonchev–Trinajstić information content (AvgIpc) is 3.57. The van der Waals surface area contributed by atoms with Crippen LogP contribution in [0.5, 0.6) is 0 Å². The van der Waals surface area contributed by atoms with E-state index in [1.165, 1.54) is 61.0 Å². The summed E-state index contributed by atoms with van der Waals surface area (Å²) in [6, 6.07) is 63.8. The van der Waals surface area contributed by atoms with Crippen molar-refractivity contribution in [1.82, 2.24) is 0 Å². The van der Waals surface area contributed by atoms with Crippen LogP contribution in [0.1, 0.15) is 0 Å².